The first kappa shape index (κ1) is 19.3. The molecule has 0 aromatic heterocycles. The molecule has 0 aliphatic heterocycles. The second-order valence-electron chi connectivity index (χ2n) is 7.65. The molecule has 2 aromatic rings. The first-order valence-corrected chi connectivity index (χ1v) is 9.42. The molecule has 1 aliphatic rings. The molecule has 0 fully saturated rings. The topological polar surface area (TPSA) is 64.7 Å². The maximum atomic E-state index is 13.1. The third-order valence-corrected chi connectivity index (χ3v) is 5.07. The van der Waals surface area contributed by atoms with Gasteiger partial charge in [0, 0.05) is 16.7 Å². The number of carbonyl (C=O) groups excluding carboxylic acids is 1. The van der Waals surface area contributed by atoms with Gasteiger partial charge in [-0.1, -0.05) is 70.2 Å². The lowest BCUT2D eigenvalue weighted by Gasteiger charge is -2.13. The third kappa shape index (κ3) is 3.40. The first-order chi connectivity index (χ1) is 13.4. The predicted octanol–water partition coefficient (Wildman–Crippen LogP) is 6.01. The minimum absolute atomic E-state index is 0.0337. The van der Waals surface area contributed by atoms with E-state index in [0.717, 1.165) is 5.56 Å². The molecule has 0 saturated carbocycles. The molecule has 0 atom stereocenters. The van der Waals surface area contributed by atoms with Crippen molar-refractivity contribution in [2.75, 3.05) is 0 Å². The fraction of sp³-hybridized carbons (Fsp3) is 0.240. The summed E-state index contributed by atoms with van der Waals surface area (Å²) in [4.78, 5) is 13.1. The Labute approximate surface area is 166 Å². The highest BCUT2D eigenvalue weighted by Crippen LogP contribution is 2.40. The summed E-state index contributed by atoms with van der Waals surface area (Å²) in [6, 6.07) is 17.4. The van der Waals surface area contributed by atoms with E-state index in [1.807, 2.05) is 24.3 Å². The monoisotopic (exact) mass is 366 g/mol. The number of fused-ring (bicyclic) bond motifs is 1. The lowest BCUT2D eigenvalue weighted by Crippen LogP contribution is -1.98. The van der Waals surface area contributed by atoms with Gasteiger partial charge in [-0.3, -0.25) is 4.79 Å². The molecule has 0 radical (unpaired) electrons. The summed E-state index contributed by atoms with van der Waals surface area (Å²) in [5.41, 5.74) is 5.32. The number of carbonyl (C=O) groups is 1. The van der Waals surface area contributed by atoms with Gasteiger partial charge in [-0.05, 0) is 40.2 Å². The number of rotatable bonds is 3. The molecule has 138 valence electrons. The predicted molar refractivity (Wildman–Crippen MR) is 112 cm³/mol. The number of allylic oxidation sites excluding steroid dienone is 3. The highest BCUT2D eigenvalue weighted by molar-refractivity contribution is 6.29. The van der Waals surface area contributed by atoms with Gasteiger partial charge in [0.1, 0.15) is 17.7 Å². The zero-order valence-corrected chi connectivity index (χ0v) is 16.6. The minimum atomic E-state index is -0.144. The van der Waals surface area contributed by atoms with Crippen LogP contribution in [0.2, 0.25) is 0 Å². The summed E-state index contributed by atoms with van der Waals surface area (Å²) in [7, 11) is 0. The van der Waals surface area contributed by atoms with Crippen LogP contribution in [0.25, 0.3) is 11.6 Å². The zero-order chi connectivity index (χ0) is 20.4. The SMILES string of the molecule is CC(C)c1cc(/C=C2\C(=O)c3ccccc3C2=C(C#N)C#N)cc(C(C)C)c1. The zero-order valence-electron chi connectivity index (χ0n) is 16.6. The van der Waals surface area contributed by atoms with Gasteiger partial charge >= 0.3 is 0 Å². The van der Waals surface area contributed by atoms with Crippen molar-refractivity contribution in [2.24, 2.45) is 0 Å². The summed E-state index contributed by atoms with van der Waals surface area (Å²) in [6.45, 7) is 8.56. The van der Waals surface area contributed by atoms with Crippen LogP contribution in [-0.4, -0.2) is 5.78 Å². The molecule has 0 N–H and O–H groups in total. The van der Waals surface area contributed by atoms with Gasteiger partial charge in [-0.15, -0.1) is 0 Å². The normalized spacial score (nSPS) is 14.4. The molecular weight excluding hydrogens is 344 g/mol. The van der Waals surface area contributed by atoms with Crippen LogP contribution in [0.3, 0.4) is 0 Å². The fourth-order valence-corrected chi connectivity index (χ4v) is 3.47. The Morgan fingerprint density at radius 2 is 1.43 bits per heavy atom. The number of hydrogen-bond acceptors (Lipinski definition) is 3. The summed E-state index contributed by atoms with van der Waals surface area (Å²) < 4.78 is 0. The molecule has 1 aliphatic carbocycles. The van der Waals surface area contributed by atoms with E-state index in [-0.39, 0.29) is 11.4 Å². The van der Waals surface area contributed by atoms with Crippen LogP contribution < -0.4 is 0 Å². The molecule has 0 bridgehead atoms. The molecule has 3 heteroatoms. The highest BCUT2D eigenvalue weighted by atomic mass is 16.1. The highest BCUT2D eigenvalue weighted by Gasteiger charge is 2.32. The van der Waals surface area contributed by atoms with Crippen LogP contribution in [0, 0.1) is 22.7 Å². The number of benzene rings is 2. The summed E-state index contributed by atoms with van der Waals surface area (Å²) in [6.07, 6.45) is 1.82. The maximum Gasteiger partial charge on any atom is 0.194 e. The van der Waals surface area contributed by atoms with E-state index < -0.39 is 0 Å². The lowest BCUT2D eigenvalue weighted by molar-refractivity contribution is 0.104. The van der Waals surface area contributed by atoms with E-state index in [1.54, 1.807) is 18.2 Å². The Kier molecular flexibility index (Phi) is 5.30. The van der Waals surface area contributed by atoms with Gasteiger partial charge in [0.25, 0.3) is 0 Å². The molecular formula is C25H22N2O. The van der Waals surface area contributed by atoms with E-state index in [9.17, 15) is 15.3 Å². The molecule has 0 amide bonds. The Morgan fingerprint density at radius 3 is 1.93 bits per heavy atom. The number of hydrogen-bond donors (Lipinski definition) is 0. The van der Waals surface area contributed by atoms with Gasteiger partial charge in [-0.2, -0.15) is 10.5 Å². The Hall–Kier alpha value is -3.43. The van der Waals surface area contributed by atoms with E-state index in [2.05, 4.69) is 45.9 Å². The first-order valence-electron chi connectivity index (χ1n) is 9.42. The van der Waals surface area contributed by atoms with Crippen molar-refractivity contribution in [3.8, 4) is 12.1 Å². The van der Waals surface area contributed by atoms with Crippen LogP contribution in [0.15, 0.2) is 53.6 Å². The van der Waals surface area contributed by atoms with Crippen LogP contribution in [0.1, 0.15) is 72.1 Å². The number of Topliss-reactive ketones (excluding diaryl/α,β-unsaturated/α-hetero) is 1. The van der Waals surface area contributed by atoms with Gasteiger partial charge in [0.15, 0.2) is 5.78 Å². The van der Waals surface area contributed by atoms with Gasteiger partial charge in [-0.25, -0.2) is 0 Å². The van der Waals surface area contributed by atoms with E-state index >= 15 is 0 Å². The summed E-state index contributed by atoms with van der Waals surface area (Å²) >= 11 is 0. The molecule has 0 unspecified atom stereocenters. The van der Waals surface area contributed by atoms with Crippen LogP contribution in [0.4, 0.5) is 0 Å². The van der Waals surface area contributed by atoms with Crippen molar-refractivity contribution in [1.29, 1.82) is 10.5 Å². The Morgan fingerprint density at radius 1 is 0.893 bits per heavy atom. The van der Waals surface area contributed by atoms with Crippen molar-refractivity contribution in [2.45, 2.75) is 39.5 Å². The van der Waals surface area contributed by atoms with Crippen molar-refractivity contribution in [1.82, 2.24) is 0 Å². The molecule has 3 nitrogen and oxygen atoms in total. The van der Waals surface area contributed by atoms with Crippen molar-refractivity contribution in [3.05, 3.63) is 81.4 Å². The second kappa shape index (κ2) is 7.67. The molecule has 0 spiro atoms. The van der Waals surface area contributed by atoms with Gasteiger partial charge in [0.2, 0.25) is 0 Å². The average Bonchev–Trinajstić information content (AvgIpc) is 2.95. The van der Waals surface area contributed by atoms with Crippen molar-refractivity contribution in [3.63, 3.8) is 0 Å². The van der Waals surface area contributed by atoms with Gasteiger partial charge < -0.3 is 0 Å². The van der Waals surface area contributed by atoms with E-state index in [0.29, 0.717) is 34.1 Å². The van der Waals surface area contributed by atoms with Crippen LogP contribution >= 0.6 is 0 Å². The maximum absolute atomic E-state index is 13.1. The molecule has 28 heavy (non-hydrogen) atoms. The second-order valence-corrected chi connectivity index (χ2v) is 7.65. The number of ketones is 1. The summed E-state index contributed by atoms with van der Waals surface area (Å²) in [5, 5.41) is 18.9. The van der Waals surface area contributed by atoms with Crippen LogP contribution in [0.5, 0.6) is 0 Å². The Bertz CT molecular complexity index is 1060. The molecule has 2 aromatic carbocycles. The largest absolute Gasteiger partial charge is 0.289 e. The van der Waals surface area contributed by atoms with E-state index in [1.165, 1.54) is 11.1 Å². The fourth-order valence-electron chi connectivity index (χ4n) is 3.47. The number of nitriles is 2. The van der Waals surface area contributed by atoms with Crippen molar-refractivity contribution < 1.29 is 4.79 Å². The lowest BCUT2D eigenvalue weighted by atomic mass is 9.91. The summed E-state index contributed by atoms with van der Waals surface area (Å²) in [5.74, 6) is 0.571. The molecule has 0 heterocycles. The smallest absolute Gasteiger partial charge is 0.194 e. The third-order valence-electron chi connectivity index (χ3n) is 5.07. The standard InChI is InChI=1S/C25H22N2O/c1-15(2)18-9-17(10-19(12-18)16(3)4)11-23-24(20(13-26)14-27)21-7-5-6-8-22(21)25(23)28/h5-12,15-16H,1-4H3/b23-11-. The van der Waals surface area contributed by atoms with Crippen LogP contribution in [-0.2, 0) is 0 Å². The van der Waals surface area contributed by atoms with Gasteiger partial charge in [0.05, 0.1) is 0 Å². The average molecular weight is 366 g/mol. The molecule has 0 saturated heterocycles. The van der Waals surface area contributed by atoms with E-state index in [4.69, 9.17) is 0 Å². The Balaban J connectivity index is 2.27. The quantitative estimate of drug-likeness (QED) is 0.493. The van der Waals surface area contributed by atoms with Crippen molar-refractivity contribution >= 4 is 17.4 Å². The molecule has 3 rings (SSSR count). The number of nitrogens with zero attached hydrogens (tertiary/aromatic N) is 2. The minimum Gasteiger partial charge on any atom is -0.289 e.